The van der Waals surface area contributed by atoms with E-state index >= 15 is 0 Å². The Bertz CT molecular complexity index is 758. The number of aryl methyl sites for hydroxylation is 1. The number of ether oxygens (including phenoxy) is 2. The molecule has 3 rings (SSSR count). The van der Waals surface area contributed by atoms with Crippen LogP contribution in [-0.4, -0.2) is 49.2 Å². The van der Waals surface area contributed by atoms with Crippen molar-refractivity contribution in [2.75, 3.05) is 38.3 Å². The predicted molar refractivity (Wildman–Crippen MR) is 104 cm³/mol. The van der Waals surface area contributed by atoms with E-state index in [1.807, 2.05) is 31.2 Å². The van der Waals surface area contributed by atoms with Gasteiger partial charge in [0.25, 0.3) is 5.91 Å². The maximum atomic E-state index is 12.4. The standard InChI is InChI=1S/C20H26N4O3/c1-15-22-18(14-19(23-15)24-11-4-3-5-12-24)20(25)21-10-13-27-17-8-6-16(26-2)7-9-17/h6-9,14H,3-5,10-13H2,1-2H3,(H,21,25). The summed E-state index contributed by atoms with van der Waals surface area (Å²) in [5.74, 6) is 2.74. The number of methoxy groups -OCH3 is 1. The summed E-state index contributed by atoms with van der Waals surface area (Å²) < 4.78 is 10.7. The highest BCUT2D eigenvalue weighted by molar-refractivity contribution is 5.92. The second-order valence-electron chi connectivity index (χ2n) is 6.49. The molecule has 0 unspecified atom stereocenters. The van der Waals surface area contributed by atoms with Gasteiger partial charge in [0, 0.05) is 19.2 Å². The van der Waals surface area contributed by atoms with E-state index in [4.69, 9.17) is 9.47 Å². The van der Waals surface area contributed by atoms with E-state index < -0.39 is 0 Å². The van der Waals surface area contributed by atoms with Crippen molar-refractivity contribution in [1.82, 2.24) is 15.3 Å². The molecule has 0 bridgehead atoms. The van der Waals surface area contributed by atoms with E-state index in [2.05, 4.69) is 20.2 Å². The maximum Gasteiger partial charge on any atom is 0.270 e. The zero-order valence-electron chi connectivity index (χ0n) is 15.9. The van der Waals surface area contributed by atoms with Crippen molar-refractivity contribution in [1.29, 1.82) is 0 Å². The molecule has 0 radical (unpaired) electrons. The van der Waals surface area contributed by atoms with Crippen LogP contribution in [0.15, 0.2) is 30.3 Å². The number of anilines is 1. The molecule has 1 saturated heterocycles. The lowest BCUT2D eigenvalue weighted by Gasteiger charge is -2.28. The van der Waals surface area contributed by atoms with Gasteiger partial charge in [-0.3, -0.25) is 4.79 Å². The highest BCUT2D eigenvalue weighted by Crippen LogP contribution is 2.19. The zero-order valence-corrected chi connectivity index (χ0v) is 15.9. The van der Waals surface area contributed by atoms with Crippen LogP contribution in [0.2, 0.25) is 0 Å². The summed E-state index contributed by atoms with van der Waals surface area (Å²) in [5, 5.41) is 2.85. The first-order valence-corrected chi connectivity index (χ1v) is 9.31. The molecule has 2 heterocycles. The van der Waals surface area contributed by atoms with E-state index in [1.165, 1.54) is 6.42 Å². The van der Waals surface area contributed by atoms with Gasteiger partial charge in [-0.1, -0.05) is 0 Å². The predicted octanol–water partition coefficient (Wildman–Crippen LogP) is 2.59. The Labute approximate surface area is 159 Å². The molecule has 2 aromatic rings. The molecule has 0 atom stereocenters. The molecule has 1 aromatic heterocycles. The van der Waals surface area contributed by atoms with Crippen molar-refractivity contribution >= 4 is 11.7 Å². The lowest BCUT2D eigenvalue weighted by Crippen LogP contribution is -2.32. The summed E-state index contributed by atoms with van der Waals surface area (Å²) in [6, 6.07) is 9.11. The smallest absolute Gasteiger partial charge is 0.270 e. The zero-order chi connectivity index (χ0) is 19.1. The van der Waals surface area contributed by atoms with Crippen LogP contribution < -0.4 is 19.7 Å². The van der Waals surface area contributed by atoms with Crippen LogP contribution in [-0.2, 0) is 0 Å². The van der Waals surface area contributed by atoms with E-state index in [1.54, 1.807) is 13.2 Å². The number of nitrogens with one attached hydrogen (secondary N) is 1. The summed E-state index contributed by atoms with van der Waals surface area (Å²) in [6.45, 7) is 4.55. The summed E-state index contributed by atoms with van der Waals surface area (Å²) in [6.07, 6.45) is 3.57. The first kappa shape index (κ1) is 18.9. The molecule has 1 amide bonds. The normalized spacial score (nSPS) is 13.9. The van der Waals surface area contributed by atoms with Crippen molar-refractivity contribution in [3.05, 3.63) is 41.9 Å². The molecule has 7 heteroatoms. The van der Waals surface area contributed by atoms with Crippen molar-refractivity contribution in [2.45, 2.75) is 26.2 Å². The molecular formula is C20H26N4O3. The van der Waals surface area contributed by atoms with Crippen molar-refractivity contribution in [3.8, 4) is 11.5 Å². The van der Waals surface area contributed by atoms with Gasteiger partial charge in [-0.05, 0) is 50.5 Å². The minimum Gasteiger partial charge on any atom is -0.497 e. The minimum atomic E-state index is -0.211. The fourth-order valence-corrected chi connectivity index (χ4v) is 3.05. The third kappa shape index (κ3) is 5.32. The number of hydrogen-bond donors (Lipinski definition) is 1. The van der Waals surface area contributed by atoms with Crippen LogP contribution in [0.25, 0.3) is 0 Å². The Morgan fingerprint density at radius 3 is 2.52 bits per heavy atom. The van der Waals surface area contributed by atoms with Gasteiger partial charge in [-0.2, -0.15) is 0 Å². The number of benzene rings is 1. The molecule has 144 valence electrons. The van der Waals surface area contributed by atoms with E-state index in [9.17, 15) is 4.79 Å². The van der Waals surface area contributed by atoms with E-state index in [-0.39, 0.29) is 5.91 Å². The average Bonchev–Trinajstić information content (AvgIpc) is 2.71. The average molecular weight is 370 g/mol. The second kappa shape index (κ2) is 9.21. The summed E-state index contributed by atoms with van der Waals surface area (Å²) in [7, 11) is 1.62. The number of carbonyl (C=O) groups is 1. The fraction of sp³-hybridized carbons (Fsp3) is 0.450. The van der Waals surface area contributed by atoms with Gasteiger partial charge < -0.3 is 19.7 Å². The molecule has 7 nitrogen and oxygen atoms in total. The molecule has 1 aliphatic heterocycles. The second-order valence-corrected chi connectivity index (χ2v) is 6.49. The first-order chi connectivity index (χ1) is 13.2. The Morgan fingerprint density at radius 1 is 1.11 bits per heavy atom. The number of amides is 1. The number of carbonyl (C=O) groups excluding carboxylic acids is 1. The van der Waals surface area contributed by atoms with Crippen LogP contribution >= 0.6 is 0 Å². The third-order valence-electron chi connectivity index (χ3n) is 4.45. The first-order valence-electron chi connectivity index (χ1n) is 9.31. The quantitative estimate of drug-likeness (QED) is 0.755. The number of rotatable bonds is 7. The van der Waals surface area contributed by atoms with Crippen LogP contribution in [0, 0.1) is 6.92 Å². The molecule has 1 aromatic carbocycles. The highest BCUT2D eigenvalue weighted by Gasteiger charge is 2.16. The van der Waals surface area contributed by atoms with Gasteiger partial charge >= 0.3 is 0 Å². The lowest BCUT2D eigenvalue weighted by atomic mass is 10.1. The van der Waals surface area contributed by atoms with Crippen molar-refractivity contribution in [3.63, 3.8) is 0 Å². The molecule has 0 aliphatic carbocycles. The Hall–Kier alpha value is -2.83. The van der Waals surface area contributed by atoms with Gasteiger partial charge in [-0.25, -0.2) is 9.97 Å². The molecule has 0 saturated carbocycles. The van der Waals surface area contributed by atoms with Gasteiger partial charge in [0.15, 0.2) is 0 Å². The number of aromatic nitrogens is 2. The Kier molecular flexibility index (Phi) is 6.46. The fourth-order valence-electron chi connectivity index (χ4n) is 3.05. The van der Waals surface area contributed by atoms with Crippen LogP contribution in [0.3, 0.4) is 0 Å². The Morgan fingerprint density at radius 2 is 1.81 bits per heavy atom. The maximum absolute atomic E-state index is 12.4. The summed E-state index contributed by atoms with van der Waals surface area (Å²) in [4.78, 5) is 23.4. The lowest BCUT2D eigenvalue weighted by molar-refractivity contribution is 0.0941. The van der Waals surface area contributed by atoms with Crippen molar-refractivity contribution < 1.29 is 14.3 Å². The molecule has 27 heavy (non-hydrogen) atoms. The molecule has 1 N–H and O–H groups in total. The van der Waals surface area contributed by atoms with Gasteiger partial charge in [-0.15, -0.1) is 0 Å². The summed E-state index contributed by atoms with van der Waals surface area (Å²) >= 11 is 0. The Balaban J connectivity index is 1.51. The SMILES string of the molecule is COc1ccc(OCCNC(=O)c2cc(N3CCCCC3)nc(C)n2)cc1. The molecule has 1 fully saturated rings. The van der Waals surface area contributed by atoms with Crippen LogP contribution in [0.5, 0.6) is 11.5 Å². The van der Waals surface area contributed by atoms with E-state index in [0.717, 1.165) is 43.2 Å². The van der Waals surface area contributed by atoms with E-state index in [0.29, 0.717) is 24.7 Å². The van der Waals surface area contributed by atoms with Crippen molar-refractivity contribution in [2.24, 2.45) is 0 Å². The summed E-state index contributed by atoms with van der Waals surface area (Å²) in [5.41, 5.74) is 0.396. The van der Waals surface area contributed by atoms with Crippen LogP contribution in [0.1, 0.15) is 35.6 Å². The van der Waals surface area contributed by atoms with Gasteiger partial charge in [0.05, 0.1) is 13.7 Å². The highest BCUT2D eigenvalue weighted by atomic mass is 16.5. The largest absolute Gasteiger partial charge is 0.497 e. The van der Waals surface area contributed by atoms with Gasteiger partial charge in [0.2, 0.25) is 0 Å². The molecular weight excluding hydrogens is 344 g/mol. The number of hydrogen-bond acceptors (Lipinski definition) is 6. The topological polar surface area (TPSA) is 76.6 Å². The third-order valence-corrected chi connectivity index (χ3v) is 4.45. The number of nitrogens with zero attached hydrogens (tertiary/aromatic N) is 3. The van der Waals surface area contributed by atoms with Crippen LogP contribution in [0.4, 0.5) is 5.82 Å². The molecule has 0 spiro atoms. The van der Waals surface area contributed by atoms with Gasteiger partial charge in [0.1, 0.15) is 35.4 Å². The monoisotopic (exact) mass is 370 g/mol. The molecule has 1 aliphatic rings. The minimum absolute atomic E-state index is 0.211. The number of piperidine rings is 1.